The van der Waals surface area contributed by atoms with Gasteiger partial charge in [-0.2, -0.15) is 0 Å². The van der Waals surface area contributed by atoms with Gasteiger partial charge in [0.25, 0.3) is 0 Å². The Hall–Kier alpha value is -1.21. The van der Waals surface area contributed by atoms with Crippen molar-refractivity contribution in [1.29, 1.82) is 0 Å². The van der Waals surface area contributed by atoms with E-state index >= 15 is 0 Å². The summed E-state index contributed by atoms with van der Waals surface area (Å²) >= 11 is 0. The minimum absolute atomic E-state index is 0.171. The largest absolute Gasteiger partial charge is 0.495 e. The quantitative estimate of drug-likeness (QED) is 0.767. The van der Waals surface area contributed by atoms with Crippen molar-refractivity contribution in [2.75, 3.05) is 46.4 Å². The van der Waals surface area contributed by atoms with Crippen LogP contribution >= 0.6 is 0 Å². The van der Waals surface area contributed by atoms with Crippen LogP contribution in [0.15, 0.2) is 18.5 Å². The van der Waals surface area contributed by atoms with Crippen molar-refractivity contribution in [3.05, 3.63) is 24.0 Å². The van der Waals surface area contributed by atoms with Gasteiger partial charge in [0.1, 0.15) is 5.75 Å². The maximum Gasteiger partial charge on any atom is 0.137 e. The molecule has 2 rings (SSSR count). The Morgan fingerprint density at radius 3 is 2.76 bits per heavy atom. The van der Waals surface area contributed by atoms with Gasteiger partial charge in [0.05, 0.1) is 26.0 Å². The third-order valence-electron chi connectivity index (χ3n) is 3.77. The van der Waals surface area contributed by atoms with Gasteiger partial charge in [0.2, 0.25) is 0 Å². The van der Waals surface area contributed by atoms with E-state index in [0.29, 0.717) is 6.54 Å². The molecule has 2 heterocycles. The van der Waals surface area contributed by atoms with Gasteiger partial charge in [-0.3, -0.25) is 14.8 Å². The summed E-state index contributed by atoms with van der Waals surface area (Å²) in [7, 11) is 1.65. The molecule has 2 N–H and O–H groups in total. The molecule has 1 fully saturated rings. The molecular weight excluding hydrogens is 270 g/mol. The minimum Gasteiger partial charge on any atom is -0.495 e. The van der Waals surface area contributed by atoms with Gasteiger partial charge in [-0.05, 0) is 31.1 Å². The third-order valence-corrected chi connectivity index (χ3v) is 3.77. The maximum atomic E-state index is 9.53. The lowest BCUT2D eigenvalue weighted by Crippen LogP contribution is -2.37. The fourth-order valence-corrected chi connectivity index (χ4v) is 2.64. The molecular formula is C15H25N3O3. The van der Waals surface area contributed by atoms with Gasteiger partial charge in [-0.1, -0.05) is 0 Å². The van der Waals surface area contributed by atoms with Crippen LogP contribution in [0.3, 0.4) is 0 Å². The average Bonchev–Trinajstić information content (AvgIpc) is 2.73. The minimum atomic E-state index is -0.640. The highest BCUT2D eigenvalue weighted by atomic mass is 16.5. The van der Waals surface area contributed by atoms with Crippen LogP contribution in [0.25, 0.3) is 0 Å². The summed E-state index contributed by atoms with van der Waals surface area (Å²) in [5.41, 5.74) is 1.15. The zero-order chi connectivity index (χ0) is 15.1. The van der Waals surface area contributed by atoms with Crippen LogP contribution in [-0.2, 0) is 6.54 Å². The number of aliphatic hydroxyl groups is 2. The molecule has 1 aliphatic rings. The first-order valence-corrected chi connectivity index (χ1v) is 7.43. The second-order valence-corrected chi connectivity index (χ2v) is 5.50. The summed E-state index contributed by atoms with van der Waals surface area (Å²) in [4.78, 5) is 8.79. The smallest absolute Gasteiger partial charge is 0.137 e. The first-order valence-electron chi connectivity index (χ1n) is 7.43. The Morgan fingerprint density at radius 1 is 1.24 bits per heavy atom. The highest BCUT2D eigenvalue weighted by Gasteiger charge is 2.17. The maximum absolute atomic E-state index is 9.53. The van der Waals surface area contributed by atoms with Gasteiger partial charge in [-0.25, -0.2) is 0 Å². The summed E-state index contributed by atoms with van der Waals surface area (Å²) in [5, 5.41) is 18.5. The highest BCUT2D eigenvalue weighted by molar-refractivity contribution is 5.23. The van der Waals surface area contributed by atoms with Crippen LogP contribution in [0.4, 0.5) is 0 Å². The van der Waals surface area contributed by atoms with Crippen molar-refractivity contribution in [2.45, 2.75) is 19.1 Å². The second kappa shape index (κ2) is 8.29. The van der Waals surface area contributed by atoms with E-state index in [1.165, 1.54) is 0 Å². The molecule has 6 nitrogen and oxygen atoms in total. The zero-order valence-electron chi connectivity index (χ0n) is 12.6. The van der Waals surface area contributed by atoms with Crippen molar-refractivity contribution < 1.29 is 14.9 Å². The SMILES string of the molecule is COc1cncc(CN2CCCN(CC(O)CO)CC2)c1. The molecule has 0 bridgehead atoms. The predicted octanol–water partition coefficient (Wildman–Crippen LogP) is -0.0489. The first kappa shape index (κ1) is 16.2. The Labute approximate surface area is 126 Å². The number of β-amino-alcohol motifs (C(OH)–C–C–N with tert-alkyl or cyclic N) is 1. The standard InChI is InChI=1S/C15H25N3O3/c1-21-15-7-13(8-16-9-15)10-17-3-2-4-18(6-5-17)11-14(20)12-19/h7-9,14,19-20H,2-6,10-12H2,1H3. The summed E-state index contributed by atoms with van der Waals surface area (Å²) in [5.74, 6) is 0.787. The van der Waals surface area contributed by atoms with Crippen molar-refractivity contribution in [2.24, 2.45) is 0 Å². The Bertz CT molecular complexity index is 430. The average molecular weight is 295 g/mol. The molecule has 0 aromatic carbocycles. The molecule has 1 aromatic rings. The van der Waals surface area contributed by atoms with Crippen LogP contribution in [0.1, 0.15) is 12.0 Å². The monoisotopic (exact) mass is 295 g/mol. The molecule has 1 aromatic heterocycles. The molecule has 0 radical (unpaired) electrons. The van der Waals surface area contributed by atoms with Gasteiger partial charge in [0, 0.05) is 32.4 Å². The molecule has 1 unspecified atom stereocenters. The van der Waals surface area contributed by atoms with E-state index in [-0.39, 0.29) is 6.61 Å². The van der Waals surface area contributed by atoms with Crippen LogP contribution in [0, 0.1) is 0 Å². The van der Waals surface area contributed by atoms with E-state index in [4.69, 9.17) is 9.84 Å². The van der Waals surface area contributed by atoms with E-state index in [1.807, 2.05) is 12.3 Å². The van der Waals surface area contributed by atoms with Crippen LogP contribution in [0.5, 0.6) is 5.75 Å². The molecule has 6 heteroatoms. The number of rotatable bonds is 6. The number of hydrogen-bond acceptors (Lipinski definition) is 6. The molecule has 0 aliphatic carbocycles. The molecule has 1 saturated heterocycles. The molecule has 118 valence electrons. The molecule has 1 aliphatic heterocycles. The van der Waals surface area contributed by atoms with E-state index in [1.54, 1.807) is 13.3 Å². The summed E-state index contributed by atoms with van der Waals surface area (Å²) in [6.07, 6.45) is 4.01. The van der Waals surface area contributed by atoms with Gasteiger partial charge >= 0.3 is 0 Å². The lowest BCUT2D eigenvalue weighted by atomic mass is 10.2. The lowest BCUT2D eigenvalue weighted by Gasteiger charge is -2.23. The van der Waals surface area contributed by atoms with E-state index < -0.39 is 6.10 Å². The van der Waals surface area contributed by atoms with Crippen molar-refractivity contribution >= 4 is 0 Å². The number of aliphatic hydroxyl groups excluding tert-OH is 2. The van der Waals surface area contributed by atoms with Crippen molar-refractivity contribution in [3.8, 4) is 5.75 Å². The number of methoxy groups -OCH3 is 1. The van der Waals surface area contributed by atoms with Crippen molar-refractivity contribution in [3.63, 3.8) is 0 Å². The second-order valence-electron chi connectivity index (χ2n) is 5.50. The molecule has 21 heavy (non-hydrogen) atoms. The molecule has 0 spiro atoms. The number of pyridine rings is 1. The Morgan fingerprint density at radius 2 is 2.00 bits per heavy atom. The van der Waals surface area contributed by atoms with Crippen LogP contribution < -0.4 is 4.74 Å². The van der Waals surface area contributed by atoms with Gasteiger partial charge < -0.3 is 14.9 Å². The van der Waals surface area contributed by atoms with Crippen LogP contribution in [-0.4, -0.2) is 77.5 Å². The lowest BCUT2D eigenvalue weighted by molar-refractivity contribution is 0.0602. The Kier molecular flexibility index (Phi) is 6.38. The number of ether oxygens (including phenoxy) is 1. The normalized spacial score (nSPS) is 19.2. The summed E-state index contributed by atoms with van der Waals surface area (Å²) in [6, 6.07) is 2.02. The zero-order valence-corrected chi connectivity index (χ0v) is 12.6. The predicted molar refractivity (Wildman–Crippen MR) is 80.2 cm³/mol. The van der Waals surface area contributed by atoms with E-state index in [0.717, 1.165) is 50.5 Å². The highest BCUT2D eigenvalue weighted by Crippen LogP contribution is 2.14. The molecule has 0 saturated carbocycles. The Balaban J connectivity index is 1.85. The van der Waals surface area contributed by atoms with Gasteiger partial charge in [0.15, 0.2) is 0 Å². The number of aromatic nitrogens is 1. The van der Waals surface area contributed by atoms with E-state index in [9.17, 15) is 5.11 Å². The molecule has 1 atom stereocenters. The summed E-state index contributed by atoms with van der Waals surface area (Å²) in [6.45, 7) is 5.10. The topological polar surface area (TPSA) is 69.1 Å². The molecule has 0 amide bonds. The first-order chi connectivity index (χ1) is 10.2. The third kappa shape index (κ3) is 5.24. The van der Waals surface area contributed by atoms with Gasteiger partial charge in [-0.15, -0.1) is 0 Å². The van der Waals surface area contributed by atoms with Crippen LogP contribution in [0.2, 0.25) is 0 Å². The fourth-order valence-electron chi connectivity index (χ4n) is 2.64. The summed E-state index contributed by atoms with van der Waals surface area (Å²) < 4.78 is 5.20. The number of nitrogens with zero attached hydrogens (tertiary/aromatic N) is 3. The number of hydrogen-bond donors (Lipinski definition) is 2. The van der Waals surface area contributed by atoms with E-state index in [2.05, 4.69) is 14.8 Å². The van der Waals surface area contributed by atoms with Crippen molar-refractivity contribution in [1.82, 2.24) is 14.8 Å². The fraction of sp³-hybridized carbons (Fsp3) is 0.667.